The number of aromatic nitrogens is 2. The molecule has 0 bridgehead atoms. The third kappa shape index (κ3) is 2.96. The minimum Gasteiger partial charge on any atom is -0.456 e. The van der Waals surface area contributed by atoms with Crippen LogP contribution < -0.4 is 10.1 Å². The summed E-state index contributed by atoms with van der Waals surface area (Å²) in [6.45, 7) is 0. The van der Waals surface area contributed by atoms with Gasteiger partial charge < -0.3 is 14.5 Å². The Kier molecular flexibility index (Phi) is 3.84. The van der Waals surface area contributed by atoms with Crippen molar-refractivity contribution >= 4 is 34.7 Å². The Morgan fingerprint density at radius 1 is 1.27 bits per heavy atom. The number of methoxy groups -OCH3 is 1. The lowest BCUT2D eigenvalue weighted by molar-refractivity contribution is 0.186. The van der Waals surface area contributed by atoms with Gasteiger partial charge in [0.25, 0.3) is 0 Å². The zero-order valence-electron chi connectivity index (χ0n) is 11.6. The molecule has 0 aliphatic rings. The SMILES string of the molecule is COC(=O)Nc1nc2cc(Oc3ccccc3Cl)ccc2[nH]1. The van der Waals surface area contributed by atoms with Gasteiger partial charge in [0.15, 0.2) is 0 Å². The monoisotopic (exact) mass is 317 g/mol. The zero-order chi connectivity index (χ0) is 15.5. The summed E-state index contributed by atoms with van der Waals surface area (Å²) < 4.78 is 10.2. The van der Waals surface area contributed by atoms with Gasteiger partial charge in [0.05, 0.1) is 23.2 Å². The highest BCUT2D eigenvalue weighted by Gasteiger charge is 2.08. The number of amides is 1. The molecule has 0 unspecified atom stereocenters. The molecule has 3 aromatic rings. The first-order valence-electron chi connectivity index (χ1n) is 6.43. The number of carbonyl (C=O) groups is 1. The second kappa shape index (κ2) is 5.95. The molecular weight excluding hydrogens is 306 g/mol. The summed E-state index contributed by atoms with van der Waals surface area (Å²) in [7, 11) is 1.29. The van der Waals surface area contributed by atoms with Gasteiger partial charge in [-0.05, 0) is 24.3 Å². The van der Waals surface area contributed by atoms with Crippen LogP contribution in [-0.2, 0) is 4.74 Å². The van der Waals surface area contributed by atoms with Gasteiger partial charge in [-0.3, -0.25) is 5.32 Å². The zero-order valence-corrected chi connectivity index (χ0v) is 12.3. The second-order valence-electron chi connectivity index (χ2n) is 4.41. The highest BCUT2D eigenvalue weighted by molar-refractivity contribution is 6.32. The number of hydrogen-bond acceptors (Lipinski definition) is 4. The minimum atomic E-state index is -0.591. The van der Waals surface area contributed by atoms with E-state index in [1.165, 1.54) is 7.11 Å². The number of nitrogens with one attached hydrogen (secondary N) is 2. The van der Waals surface area contributed by atoms with E-state index in [2.05, 4.69) is 20.0 Å². The number of anilines is 1. The molecule has 1 aromatic heterocycles. The van der Waals surface area contributed by atoms with Gasteiger partial charge in [0.2, 0.25) is 5.95 Å². The first kappa shape index (κ1) is 14.2. The van der Waals surface area contributed by atoms with Gasteiger partial charge in [-0.1, -0.05) is 23.7 Å². The number of H-pyrrole nitrogens is 1. The Morgan fingerprint density at radius 2 is 2.09 bits per heavy atom. The molecule has 0 fully saturated rings. The Labute approximate surface area is 131 Å². The van der Waals surface area contributed by atoms with Gasteiger partial charge in [-0.15, -0.1) is 0 Å². The summed E-state index contributed by atoms with van der Waals surface area (Å²) in [6.07, 6.45) is -0.591. The van der Waals surface area contributed by atoms with Gasteiger partial charge in [-0.2, -0.15) is 0 Å². The molecule has 0 saturated carbocycles. The number of fused-ring (bicyclic) bond motifs is 1. The molecule has 0 spiro atoms. The van der Waals surface area contributed by atoms with Crippen molar-refractivity contribution in [1.29, 1.82) is 0 Å². The number of carbonyl (C=O) groups excluding carboxylic acids is 1. The first-order valence-corrected chi connectivity index (χ1v) is 6.80. The van der Waals surface area contributed by atoms with E-state index in [0.717, 1.165) is 5.52 Å². The Morgan fingerprint density at radius 3 is 2.86 bits per heavy atom. The highest BCUT2D eigenvalue weighted by atomic mass is 35.5. The molecular formula is C15H12ClN3O3. The number of para-hydroxylation sites is 1. The topological polar surface area (TPSA) is 76.2 Å². The number of hydrogen-bond donors (Lipinski definition) is 2. The van der Waals surface area contributed by atoms with E-state index < -0.39 is 6.09 Å². The maximum Gasteiger partial charge on any atom is 0.413 e. The van der Waals surface area contributed by atoms with Crippen LogP contribution in [0.4, 0.5) is 10.7 Å². The van der Waals surface area contributed by atoms with Crippen LogP contribution in [0.1, 0.15) is 0 Å². The van der Waals surface area contributed by atoms with E-state index in [1.54, 1.807) is 30.3 Å². The number of benzene rings is 2. The number of halogens is 1. The van der Waals surface area contributed by atoms with Crippen molar-refractivity contribution in [3.63, 3.8) is 0 Å². The van der Waals surface area contributed by atoms with Crippen LogP contribution in [0.25, 0.3) is 11.0 Å². The van der Waals surface area contributed by atoms with E-state index in [9.17, 15) is 4.79 Å². The normalized spacial score (nSPS) is 10.5. The molecule has 3 rings (SSSR count). The van der Waals surface area contributed by atoms with Crippen molar-refractivity contribution in [2.24, 2.45) is 0 Å². The van der Waals surface area contributed by atoms with E-state index in [1.807, 2.05) is 12.1 Å². The van der Waals surface area contributed by atoms with Gasteiger partial charge >= 0.3 is 6.09 Å². The summed E-state index contributed by atoms with van der Waals surface area (Å²) in [5.74, 6) is 1.46. The van der Waals surface area contributed by atoms with E-state index in [4.69, 9.17) is 16.3 Å². The number of rotatable bonds is 3. The molecule has 112 valence electrons. The van der Waals surface area contributed by atoms with E-state index >= 15 is 0 Å². The minimum absolute atomic E-state index is 0.303. The molecule has 7 heteroatoms. The van der Waals surface area contributed by atoms with Crippen molar-refractivity contribution in [3.05, 3.63) is 47.5 Å². The van der Waals surface area contributed by atoms with E-state index in [-0.39, 0.29) is 0 Å². The smallest absolute Gasteiger partial charge is 0.413 e. The summed E-state index contributed by atoms with van der Waals surface area (Å²) in [5, 5.41) is 3.00. The van der Waals surface area contributed by atoms with Crippen LogP contribution in [0, 0.1) is 0 Å². The lowest BCUT2D eigenvalue weighted by atomic mass is 10.3. The van der Waals surface area contributed by atoms with Crippen molar-refractivity contribution in [3.8, 4) is 11.5 Å². The Balaban J connectivity index is 1.86. The van der Waals surface area contributed by atoms with Crippen LogP contribution in [0.3, 0.4) is 0 Å². The summed E-state index contributed by atoms with van der Waals surface area (Å²) in [4.78, 5) is 18.4. The predicted octanol–water partition coefficient (Wildman–Crippen LogP) is 4.19. The average molecular weight is 318 g/mol. The van der Waals surface area contributed by atoms with Crippen LogP contribution in [0.2, 0.25) is 5.02 Å². The largest absolute Gasteiger partial charge is 0.456 e. The average Bonchev–Trinajstić information content (AvgIpc) is 2.91. The molecule has 1 heterocycles. The van der Waals surface area contributed by atoms with Crippen LogP contribution in [0.5, 0.6) is 11.5 Å². The summed E-state index contributed by atoms with van der Waals surface area (Å²) in [6, 6.07) is 12.5. The van der Waals surface area contributed by atoms with E-state index in [0.29, 0.717) is 28.0 Å². The quantitative estimate of drug-likeness (QED) is 0.759. The van der Waals surface area contributed by atoms with Crippen molar-refractivity contribution in [2.45, 2.75) is 0 Å². The maximum atomic E-state index is 11.2. The Bertz CT molecular complexity index is 832. The lowest BCUT2D eigenvalue weighted by Gasteiger charge is -2.06. The van der Waals surface area contributed by atoms with Crippen molar-refractivity contribution in [1.82, 2.24) is 9.97 Å². The van der Waals surface area contributed by atoms with Gasteiger partial charge in [0.1, 0.15) is 11.5 Å². The fourth-order valence-electron chi connectivity index (χ4n) is 1.91. The number of imidazole rings is 1. The molecule has 22 heavy (non-hydrogen) atoms. The predicted molar refractivity (Wildman–Crippen MR) is 83.6 cm³/mol. The molecule has 0 radical (unpaired) electrons. The van der Waals surface area contributed by atoms with Crippen LogP contribution in [-0.4, -0.2) is 23.2 Å². The molecule has 1 amide bonds. The van der Waals surface area contributed by atoms with Gasteiger partial charge in [0, 0.05) is 6.07 Å². The molecule has 0 saturated heterocycles. The molecule has 2 N–H and O–H groups in total. The number of nitrogens with zero attached hydrogens (tertiary/aromatic N) is 1. The molecule has 2 aromatic carbocycles. The van der Waals surface area contributed by atoms with Crippen LogP contribution in [0.15, 0.2) is 42.5 Å². The molecule has 0 aliphatic heterocycles. The Hall–Kier alpha value is -2.73. The second-order valence-corrected chi connectivity index (χ2v) is 4.82. The molecule has 6 nitrogen and oxygen atoms in total. The maximum absolute atomic E-state index is 11.2. The number of aromatic amines is 1. The fourth-order valence-corrected chi connectivity index (χ4v) is 2.08. The third-order valence-corrected chi connectivity index (χ3v) is 3.24. The molecule has 0 atom stereocenters. The highest BCUT2D eigenvalue weighted by Crippen LogP contribution is 2.30. The van der Waals surface area contributed by atoms with Crippen molar-refractivity contribution in [2.75, 3.05) is 12.4 Å². The third-order valence-electron chi connectivity index (χ3n) is 2.92. The standard InChI is InChI=1S/C15H12ClN3O3/c1-21-15(20)19-14-17-11-7-6-9(8-12(11)18-14)22-13-5-3-2-4-10(13)16/h2-8H,1H3,(H2,17,18,19,20). The summed E-state index contributed by atoms with van der Waals surface area (Å²) >= 11 is 6.06. The van der Waals surface area contributed by atoms with Crippen molar-refractivity contribution < 1.29 is 14.3 Å². The number of ether oxygens (including phenoxy) is 2. The summed E-state index contributed by atoms with van der Waals surface area (Å²) in [5.41, 5.74) is 1.41. The molecule has 0 aliphatic carbocycles. The fraction of sp³-hybridized carbons (Fsp3) is 0.0667. The first-order chi connectivity index (χ1) is 10.7. The van der Waals surface area contributed by atoms with Gasteiger partial charge in [-0.25, -0.2) is 9.78 Å². The lowest BCUT2D eigenvalue weighted by Crippen LogP contribution is -2.11. The van der Waals surface area contributed by atoms with Crippen LogP contribution >= 0.6 is 11.6 Å².